The van der Waals surface area contributed by atoms with Gasteiger partial charge in [-0.05, 0) is 12.5 Å². The highest BCUT2D eigenvalue weighted by atomic mass is 16.4. The maximum atomic E-state index is 9.49. The van der Waals surface area contributed by atoms with Crippen molar-refractivity contribution in [3.05, 3.63) is 30.9 Å². The number of aromatic nitrogens is 2. The van der Waals surface area contributed by atoms with Crippen molar-refractivity contribution in [2.24, 2.45) is 0 Å². The molecule has 4 nitrogen and oxygen atoms in total. The summed E-state index contributed by atoms with van der Waals surface area (Å²) in [6, 6.07) is 0. The molecule has 0 spiro atoms. The van der Waals surface area contributed by atoms with Crippen LogP contribution in [0.1, 0.15) is 6.92 Å². The zero-order valence-electron chi connectivity index (χ0n) is 6.26. The van der Waals surface area contributed by atoms with Crippen molar-refractivity contribution >= 4 is 5.97 Å². The lowest BCUT2D eigenvalue weighted by atomic mass is 10.4. The highest BCUT2D eigenvalue weighted by molar-refractivity contribution is 5.82. The molecule has 0 saturated carbocycles. The molecule has 0 amide bonds. The molecular formula is C7H10N2O2. The van der Waals surface area contributed by atoms with Crippen LogP contribution in [0.25, 0.3) is 0 Å². The molecule has 0 aliphatic carbocycles. The van der Waals surface area contributed by atoms with Gasteiger partial charge in [0.25, 0.3) is 0 Å². The number of imidazole rings is 1. The minimum atomic E-state index is -1.19. The van der Waals surface area contributed by atoms with Gasteiger partial charge in [-0.15, -0.1) is 0 Å². The van der Waals surface area contributed by atoms with Crippen LogP contribution in [0.5, 0.6) is 0 Å². The fourth-order valence-corrected chi connectivity index (χ4v) is 0.241. The van der Waals surface area contributed by atoms with E-state index in [9.17, 15) is 9.90 Å². The molecule has 0 fully saturated rings. The molecule has 0 unspecified atom stereocenters. The van der Waals surface area contributed by atoms with E-state index in [4.69, 9.17) is 0 Å². The lowest BCUT2D eigenvalue weighted by Gasteiger charge is -1.93. The monoisotopic (exact) mass is 154 g/mol. The fourth-order valence-electron chi connectivity index (χ4n) is 0.241. The number of carbonyl (C=O) groups is 1. The van der Waals surface area contributed by atoms with Crippen molar-refractivity contribution < 1.29 is 14.9 Å². The summed E-state index contributed by atoms with van der Waals surface area (Å²) in [4.78, 5) is 15.1. The van der Waals surface area contributed by atoms with Gasteiger partial charge >= 0.3 is 0 Å². The van der Waals surface area contributed by atoms with Crippen LogP contribution < -0.4 is 10.1 Å². The van der Waals surface area contributed by atoms with E-state index >= 15 is 0 Å². The average molecular weight is 154 g/mol. The van der Waals surface area contributed by atoms with Crippen LogP contribution >= 0.6 is 0 Å². The highest BCUT2D eigenvalue weighted by Crippen LogP contribution is 1.77. The average Bonchev–Trinajstić information content (AvgIpc) is 2.41. The minimum Gasteiger partial charge on any atom is -0.545 e. The van der Waals surface area contributed by atoms with Gasteiger partial charge in [0, 0.05) is 0 Å². The summed E-state index contributed by atoms with van der Waals surface area (Å²) in [5.74, 6) is -1.19. The second-order valence-corrected chi connectivity index (χ2v) is 1.88. The molecule has 0 radical (unpaired) electrons. The van der Waals surface area contributed by atoms with Gasteiger partial charge in [-0.1, -0.05) is 6.58 Å². The summed E-state index contributed by atoms with van der Waals surface area (Å²) in [5, 5.41) is 9.49. The number of carboxylic acids is 1. The second-order valence-electron chi connectivity index (χ2n) is 1.88. The van der Waals surface area contributed by atoms with Gasteiger partial charge in [0.05, 0.1) is 5.97 Å². The third-order valence-corrected chi connectivity index (χ3v) is 0.791. The number of nitrogens with one attached hydrogen (secondary N) is 2. The number of aliphatic carboxylic acids is 1. The molecule has 0 saturated heterocycles. The molecular weight excluding hydrogens is 144 g/mol. The zero-order chi connectivity index (χ0) is 8.69. The van der Waals surface area contributed by atoms with Crippen LogP contribution in [0.2, 0.25) is 0 Å². The van der Waals surface area contributed by atoms with Crippen LogP contribution in [0.15, 0.2) is 30.9 Å². The maximum Gasteiger partial charge on any atom is 0.239 e. The number of hydrogen-bond donors (Lipinski definition) is 1. The van der Waals surface area contributed by atoms with E-state index in [1.54, 1.807) is 6.33 Å². The van der Waals surface area contributed by atoms with E-state index in [-0.39, 0.29) is 5.57 Å². The topological polar surface area (TPSA) is 70.1 Å². The SMILES string of the molecule is C=C(C)C(=O)[O-].c1c[nH+]c[nH]1. The predicted molar refractivity (Wildman–Crippen MR) is 37.2 cm³/mol. The normalized spacial score (nSPS) is 7.73. The largest absolute Gasteiger partial charge is 0.545 e. The van der Waals surface area contributed by atoms with E-state index in [0.717, 1.165) is 0 Å². The number of aromatic amines is 2. The molecule has 1 aromatic heterocycles. The molecule has 0 bridgehead atoms. The van der Waals surface area contributed by atoms with Crippen LogP contribution in [0.3, 0.4) is 0 Å². The van der Waals surface area contributed by atoms with Crippen LogP contribution in [0, 0.1) is 0 Å². The lowest BCUT2D eigenvalue weighted by Crippen LogP contribution is -2.22. The Morgan fingerprint density at radius 3 is 2.36 bits per heavy atom. The quantitative estimate of drug-likeness (QED) is 0.535. The molecule has 1 aromatic rings. The molecule has 0 aliphatic rings. The Morgan fingerprint density at radius 1 is 1.73 bits per heavy atom. The van der Waals surface area contributed by atoms with Gasteiger partial charge in [-0.3, -0.25) is 9.97 Å². The maximum absolute atomic E-state index is 9.49. The number of H-pyrrole nitrogens is 2. The standard InChI is InChI=1S/C4H6O2.C3H4N2/c1-3(2)4(5)6;1-2-5-3-4-1/h1H2,2H3,(H,5,6);1-3H,(H,4,5). The van der Waals surface area contributed by atoms with E-state index < -0.39 is 5.97 Å². The summed E-state index contributed by atoms with van der Waals surface area (Å²) in [6.45, 7) is 4.48. The lowest BCUT2D eigenvalue weighted by molar-refractivity contribution is -0.375. The number of hydrogen-bond acceptors (Lipinski definition) is 2. The Labute approximate surface area is 64.6 Å². The van der Waals surface area contributed by atoms with Gasteiger partial charge in [0.15, 0.2) is 0 Å². The molecule has 0 aliphatic heterocycles. The summed E-state index contributed by atoms with van der Waals surface area (Å²) < 4.78 is 0. The van der Waals surface area contributed by atoms with Gasteiger partial charge in [-0.25, -0.2) is 0 Å². The first kappa shape index (κ1) is 9.42. The van der Waals surface area contributed by atoms with Crippen molar-refractivity contribution in [2.45, 2.75) is 6.92 Å². The first-order chi connectivity index (χ1) is 5.14. The summed E-state index contributed by atoms with van der Waals surface area (Å²) in [5.41, 5.74) is 0.0648. The van der Waals surface area contributed by atoms with E-state index in [1.165, 1.54) is 6.92 Å². The van der Waals surface area contributed by atoms with Crippen molar-refractivity contribution in [3.63, 3.8) is 0 Å². The second kappa shape index (κ2) is 5.22. The van der Waals surface area contributed by atoms with Crippen molar-refractivity contribution in [3.8, 4) is 0 Å². The first-order valence-corrected chi connectivity index (χ1v) is 3.00. The number of carbonyl (C=O) groups excluding carboxylic acids is 1. The minimum absolute atomic E-state index is 0.0648. The van der Waals surface area contributed by atoms with Crippen molar-refractivity contribution in [2.75, 3.05) is 0 Å². The van der Waals surface area contributed by atoms with E-state index in [1.807, 2.05) is 12.4 Å². The van der Waals surface area contributed by atoms with Crippen molar-refractivity contribution in [1.29, 1.82) is 0 Å². The molecule has 0 atom stereocenters. The van der Waals surface area contributed by atoms with Crippen LogP contribution in [0.4, 0.5) is 0 Å². The summed E-state index contributed by atoms with van der Waals surface area (Å²) in [6.07, 6.45) is 5.39. The van der Waals surface area contributed by atoms with E-state index in [0.29, 0.717) is 0 Å². The van der Waals surface area contributed by atoms with Gasteiger partial charge < -0.3 is 9.90 Å². The highest BCUT2D eigenvalue weighted by Gasteiger charge is 1.76. The van der Waals surface area contributed by atoms with Crippen molar-refractivity contribution in [1.82, 2.24) is 4.98 Å². The summed E-state index contributed by atoms with van der Waals surface area (Å²) >= 11 is 0. The number of carboxylic acid groups (broad SMARTS) is 1. The first-order valence-electron chi connectivity index (χ1n) is 3.00. The Kier molecular flexibility index (Phi) is 4.47. The fraction of sp³-hybridized carbons (Fsp3) is 0.143. The smallest absolute Gasteiger partial charge is 0.239 e. The molecule has 1 rings (SSSR count). The number of rotatable bonds is 1. The zero-order valence-corrected chi connectivity index (χ0v) is 6.26. The molecule has 1 heterocycles. The van der Waals surface area contributed by atoms with E-state index in [2.05, 4.69) is 16.5 Å². The molecule has 11 heavy (non-hydrogen) atoms. The third-order valence-electron chi connectivity index (χ3n) is 0.791. The van der Waals surface area contributed by atoms with Gasteiger partial charge in [0.2, 0.25) is 6.33 Å². The Morgan fingerprint density at radius 2 is 2.27 bits per heavy atom. The Balaban J connectivity index is 0.000000183. The molecule has 0 aromatic carbocycles. The third kappa shape index (κ3) is 6.30. The Hall–Kier alpha value is -1.58. The summed E-state index contributed by atoms with van der Waals surface area (Å²) in [7, 11) is 0. The molecule has 4 heteroatoms. The van der Waals surface area contributed by atoms with Gasteiger partial charge in [0.1, 0.15) is 12.4 Å². The molecule has 60 valence electrons. The van der Waals surface area contributed by atoms with Crippen LogP contribution in [-0.4, -0.2) is 11.0 Å². The van der Waals surface area contributed by atoms with Crippen LogP contribution in [-0.2, 0) is 4.79 Å². The molecule has 2 N–H and O–H groups in total. The Bertz CT molecular complexity index is 187. The predicted octanol–water partition coefficient (Wildman–Crippen LogP) is -0.859. The van der Waals surface area contributed by atoms with Gasteiger partial charge in [-0.2, -0.15) is 0 Å².